The lowest BCUT2D eigenvalue weighted by Crippen LogP contribution is -2.22. The number of nitrogen functional groups attached to an aromatic ring is 1. The largest absolute Gasteiger partial charge is 0.494 e. The van der Waals surface area contributed by atoms with E-state index in [4.69, 9.17) is 15.2 Å². The molecule has 5 heteroatoms. The summed E-state index contributed by atoms with van der Waals surface area (Å²) in [6.45, 7) is 6.23. The van der Waals surface area contributed by atoms with Crippen LogP contribution in [0, 0.1) is 0 Å². The summed E-state index contributed by atoms with van der Waals surface area (Å²) in [5, 5.41) is 2.77. The molecule has 0 aliphatic carbocycles. The lowest BCUT2D eigenvalue weighted by atomic mass is 9.86. The normalized spacial score (nSPS) is 11.0. The van der Waals surface area contributed by atoms with E-state index in [0.717, 1.165) is 5.56 Å². The molecule has 0 bridgehead atoms. The van der Waals surface area contributed by atoms with Gasteiger partial charge in [0.15, 0.2) is 6.61 Å². The maximum atomic E-state index is 12.2. The Bertz CT molecular complexity index is 721. The third kappa shape index (κ3) is 4.41. The van der Waals surface area contributed by atoms with Crippen LogP contribution in [0.4, 0.5) is 11.4 Å². The van der Waals surface area contributed by atoms with Crippen LogP contribution < -0.4 is 20.5 Å². The molecule has 0 aromatic heterocycles. The van der Waals surface area contributed by atoms with Gasteiger partial charge in [-0.05, 0) is 29.2 Å². The summed E-state index contributed by atoms with van der Waals surface area (Å²) in [6.07, 6.45) is 0. The van der Waals surface area contributed by atoms with Crippen LogP contribution in [0.15, 0.2) is 42.5 Å². The molecular weight excluding hydrogens is 304 g/mol. The van der Waals surface area contributed by atoms with E-state index in [9.17, 15) is 4.79 Å². The smallest absolute Gasteiger partial charge is 0.262 e. The number of hydrogen-bond acceptors (Lipinski definition) is 4. The molecule has 1 amide bonds. The number of anilines is 2. The molecule has 0 fully saturated rings. The van der Waals surface area contributed by atoms with Crippen molar-refractivity contribution in [2.75, 3.05) is 24.8 Å². The van der Waals surface area contributed by atoms with Crippen molar-refractivity contribution in [3.8, 4) is 11.5 Å². The summed E-state index contributed by atoms with van der Waals surface area (Å²) in [7, 11) is 1.53. The molecule has 0 radical (unpaired) electrons. The Hall–Kier alpha value is -2.69. The van der Waals surface area contributed by atoms with Gasteiger partial charge in [0, 0.05) is 11.8 Å². The zero-order chi connectivity index (χ0) is 17.7. The van der Waals surface area contributed by atoms with E-state index in [0.29, 0.717) is 22.9 Å². The molecule has 2 aromatic rings. The average Bonchev–Trinajstić information content (AvgIpc) is 2.54. The van der Waals surface area contributed by atoms with Crippen molar-refractivity contribution in [1.82, 2.24) is 0 Å². The summed E-state index contributed by atoms with van der Waals surface area (Å²) >= 11 is 0. The van der Waals surface area contributed by atoms with E-state index in [1.54, 1.807) is 18.2 Å². The van der Waals surface area contributed by atoms with Gasteiger partial charge < -0.3 is 20.5 Å². The second-order valence-corrected chi connectivity index (χ2v) is 6.54. The van der Waals surface area contributed by atoms with E-state index in [-0.39, 0.29) is 17.9 Å². The first-order valence-corrected chi connectivity index (χ1v) is 7.77. The van der Waals surface area contributed by atoms with Gasteiger partial charge in [0.1, 0.15) is 11.5 Å². The highest BCUT2D eigenvalue weighted by atomic mass is 16.5. The van der Waals surface area contributed by atoms with Crippen molar-refractivity contribution in [2.45, 2.75) is 26.2 Å². The summed E-state index contributed by atoms with van der Waals surface area (Å²) < 4.78 is 10.9. The number of rotatable bonds is 5. The van der Waals surface area contributed by atoms with Crippen LogP contribution in [-0.2, 0) is 10.2 Å². The molecule has 24 heavy (non-hydrogen) atoms. The molecule has 0 atom stereocenters. The lowest BCUT2D eigenvalue weighted by Gasteiger charge is -2.22. The first-order valence-electron chi connectivity index (χ1n) is 7.77. The summed E-state index contributed by atoms with van der Waals surface area (Å²) in [6, 6.07) is 12.8. The van der Waals surface area contributed by atoms with E-state index < -0.39 is 0 Å². The minimum Gasteiger partial charge on any atom is -0.494 e. The molecule has 0 heterocycles. The van der Waals surface area contributed by atoms with E-state index >= 15 is 0 Å². The van der Waals surface area contributed by atoms with Crippen LogP contribution >= 0.6 is 0 Å². The van der Waals surface area contributed by atoms with Crippen LogP contribution in [0.3, 0.4) is 0 Å². The zero-order valence-electron chi connectivity index (χ0n) is 14.6. The number of para-hydroxylation sites is 1. The number of benzene rings is 2. The molecule has 128 valence electrons. The molecule has 0 saturated carbocycles. The Kier molecular flexibility index (Phi) is 5.34. The van der Waals surface area contributed by atoms with Crippen LogP contribution in [-0.4, -0.2) is 19.6 Å². The number of carbonyl (C=O) groups is 1. The monoisotopic (exact) mass is 328 g/mol. The van der Waals surface area contributed by atoms with Gasteiger partial charge in [0.05, 0.1) is 12.8 Å². The van der Waals surface area contributed by atoms with Crippen LogP contribution in [0.2, 0.25) is 0 Å². The second kappa shape index (κ2) is 7.25. The van der Waals surface area contributed by atoms with E-state index in [2.05, 4.69) is 26.1 Å². The molecule has 0 aliphatic rings. The Labute approximate surface area is 142 Å². The van der Waals surface area contributed by atoms with Crippen molar-refractivity contribution in [3.05, 3.63) is 48.0 Å². The fraction of sp³-hybridized carbons (Fsp3) is 0.316. The summed E-state index contributed by atoms with van der Waals surface area (Å²) in [4.78, 5) is 12.2. The summed E-state index contributed by atoms with van der Waals surface area (Å²) in [5.41, 5.74) is 7.83. The van der Waals surface area contributed by atoms with Gasteiger partial charge in [0.25, 0.3) is 5.91 Å². The first-order chi connectivity index (χ1) is 11.3. The predicted octanol–water partition coefficient (Wildman–Crippen LogP) is 3.59. The Balaban J connectivity index is 2.05. The molecule has 0 spiro atoms. The van der Waals surface area contributed by atoms with Gasteiger partial charge in [-0.2, -0.15) is 0 Å². The topological polar surface area (TPSA) is 73.6 Å². The van der Waals surface area contributed by atoms with Gasteiger partial charge in [-0.15, -0.1) is 0 Å². The predicted molar refractivity (Wildman–Crippen MR) is 96.7 cm³/mol. The van der Waals surface area contributed by atoms with Crippen LogP contribution in [0.5, 0.6) is 11.5 Å². The number of nitrogens with two attached hydrogens (primary N) is 1. The number of ether oxygens (including phenoxy) is 2. The van der Waals surface area contributed by atoms with Crippen molar-refractivity contribution < 1.29 is 14.3 Å². The van der Waals surface area contributed by atoms with Crippen molar-refractivity contribution in [2.24, 2.45) is 0 Å². The number of methoxy groups -OCH3 is 1. The molecule has 0 saturated heterocycles. The fourth-order valence-corrected chi connectivity index (χ4v) is 2.35. The molecule has 0 unspecified atom stereocenters. The van der Waals surface area contributed by atoms with Gasteiger partial charge >= 0.3 is 0 Å². The number of nitrogens with one attached hydrogen (secondary N) is 1. The van der Waals surface area contributed by atoms with Crippen molar-refractivity contribution in [1.29, 1.82) is 0 Å². The highest BCUT2D eigenvalue weighted by Crippen LogP contribution is 2.31. The minimum absolute atomic E-state index is 0.0623. The number of hydrogen-bond donors (Lipinski definition) is 2. The second-order valence-electron chi connectivity index (χ2n) is 6.54. The quantitative estimate of drug-likeness (QED) is 0.823. The average molecular weight is 328 g/mol. The Morgan fingerprint density at radius 2 is 1.83 bits per heavy atom. The number of carbonyl (C=O) groups excluding carboxylic acids is 1. The maximum absolute atomic E-state index is 12.2. The van der Waals surface area contributed by atoms with Gasteiger partial charge in [-0.1, -0.05) is 39.0 Å². The highest BCUT2D eigenvalue weighted by Gasteiger charge is 2.19. The Morgan fingerprint density at radius 1 is 1.12 bits per heavy atom. The third-order valence-corrected chi connectivity index (χ3v) is 3.55. The molecule has 5 nitrogen and oxygen atoms in total. The number of amides is 1. The molecule has 2 rings (SSSR count). The Morgan fingerprint density at radius 3 is 2.50 bits per heavy atom. The van der Waals surface area contributed by atoms with E-state index in [1.165, 1.54) is 7.11 Å². The zero-order valence-corrected chi connectivity index (χ0v) is 14.6. The molecular formula is C19H24N2O3. The van der Waals surface area contributed by atoms with Crippen LogP contribution in [0.1, 0.15) is 26.3 Å². The molecule has 2 aromatic carbocycles. The third-order valence-electron chi connectivity index (χ3n) is 3.55. The van der Waals surface area contributed by atoms with Gasteiger partial charge in [-0.3, -0.25) is 4.79 Å². The van der Waals surface area contributed by atoms with Gasteiger partial charge in [0.2, 0.25) is 0 Å². The summed E-state index contributed by atoms with van der Waals surface area (Å²) in [5.74, 6) is 0.963. The van der Waals surface area contributed by atoms with Crippen molar-refractivity contribution >= 4 is 17.3 Å². The minimum atomic E-state index is -0.262. The van der Waals surface area contributed by atoms with Crippen LogP contribution in [0.25, 0.3) is 0 Å². The van der Waals surface area contributed by atoms with Gasteiger partial charge in [-0.25, -0.2) is 0 Å². The molecule has 0 aliphatic heterocycles. The standard InChI is InChI=1S/C19H24N2O3/c1-19(2,3)14-7-5-6-8-16(14)24-12-18(22)21-15-10-9-13(20)11-17(15)23-4/h5-11H,12,20H2,1-4H3,(H,21,22). The molecule has 3 N–H and O–H groups in total. The first kappa shape index (κ1) is 17.7. The van der Waals surface area contributed by atoms with E-state index in [1.807, 2.05) is 24.3 Å². The van der Waals surface area contributed by atoms with Crippen molar-refractivity contribution in [3.63, 3.8) is 0 Å². The maximum Gasteiger partial charge on any atom is 0.262 e. The fourth-order valence-electron chi connectivity index (χ4n) is 2.35. The SMILES string of the molecule is COc1cc(N)ccc1NC(=O)COc1ccccc1C(C)(C)C. The lowest BCUT2D eigenvalue weighted by molar-refractivity contribution is -0.118. The highest BCUT2D eigenvalue weighted by molar-refractivity contribution is 5.93.